The molecule has 0 saturated carbocycles. The zero-order valence-corrected chi connectivity index (χ0v) is 32.1. The minimum absolute atomic E-state index is 0.101. The van der Waals surface area contributed by atoms with Crippen molar-refractivity contribution in [3.63, 3.8) is 0 Å². The van der Waals surface area contributed by atoms with Crippen LogP contribution in [0.1, 0.15) is 69.4 Å². The van der Waals surface area contributed by atoms with Crippen LogP contribution in [0.15, 0.2) is 29.1 Å². The SMILES string of the molecule is CCCCOc1nc(NC(=O)CCCCCN(C)CCCN2CCN(CCCN(C)C)CC2)c2[nH]c(=O)n(Cc3cccc(CC(=O)OC)c3)c2n1. The van der Waals surface area contributed by atoms with Crippen LogP contribution in [-0.2, 0) is 27.3 Å². The highest BCUT2D eigenvalue weighted by atomic mass is 16.5. The molecule has 3 aromatic rings. The number of H-pyrrole nitrogens is 1. The Balaban J connectivity index is 1.23. The van der Waals surface area contributed by atoms with E-state index in [1.165, 1.54) is 44.2 Å². The number of piperazine rings is 1. The number of benzene rings is 1. The van der Waals surface area contributed by atoms with Crippen LogP contribution < -0.4 is 15.7 Å². The Morgan fingerprint density at radius 1 is 0.904 bits per heavy atom. The summed E-state index contributed by atoms with van der Waals surface area (Å²) in [6.07, 6.45) is 7.37. The van der Waals surface area contributed by atoms with Crippen molar-refractivity contribution in [3.8, 4) is 6.01 Å². The van der Waals surface area contributed by atoms with E-state index in [2.05, 4.69) is 67.9 Å². The van der Waals surface area contributed by atoms with Gasteiger partial charge in [0.1, 0.15) is 5.52 Å². The van der Waals surface area contributed by atoms with Crippen molar-refractivity contribution in [2.75, 3.05) is 99.1 Å². The van der Waals surface area contributed by atoms with E-state index in [0.717, 1.165) is 82.5 Å². The second-order valence-electron chi connectivity index (χ2n) is 14.2. The highest BCUT2D eigenvalue weighted by Crippen LogP contribution is 2.22. The van der Waals surface area contributed by atoms with E-state index in [9.17, 15) is 14.4 Å². The molecule has 1 aliphatic rings. The van der Waals surface area contributed by atoms with Gasteiger partial charge in [0.25, 0.3) is 0 Å². The fourth-order valence-corrected chi connectivity index (χ4v) is 6.44. The predicted octanol–water partition coefficient (Wildman–Crippen LogP) is 3.45. The summed E-state index contributed by atoms with van der Waals surface area (Å²) >= 11 is 0. The number of ether oxygens (including phenoxy) is 2. The summed E-state index contributed by atoms with van der Waals surface area (Å²) in [5, 5.41) is 2.91. The standard InChI is InChI=1S/C38H61N9O5/c1-6-7-26-52-37-41-35(34-36(42-37)47(38(50)40-34)29-31-15-11-14-30(27-31)28-33(49)51-5)39-32(48)16-9-8-10-18-44(4)19-13-21-46-24-22-45(23-25-46)20-12-17-43(2)3/h11,14-15,27H,6-10,12-13,16-26,28-29H2,1-5H3,(H,40,50)(H,39,41,42,48). The van der Waals surface area contributed by atoms with Crippen LogP contribution in [0.25, 0.3) is 11.2 Å². The molecule has 14 nitrogen and oxygen atoms in total. The summed E-state index contributed by atoms with van der Waals surface area (Å²) < 4.78 is 12.1. The molecular weight excluding hydrogens is 662 g/mol. The van der Waals surface area contributed by atoms with Crippen LogP contribution in [0.3, 0.4) is 0 Å². The lowest BCUT2D eigenvalue weighted by atomic mass is 10.1. The molecule has 1 fully saturated rings. The molecule has 1 amide bonds. The third kappa shape index (κ3) is 13.6. The summed E-state index contributed by atoms with van der Waals surface area (Å²) in [5.41, 5.74) is 1.88. The minimum atomic E-state index is -0.387. The summed E-state index contributed by atoms with van der Waals surface area (Å²) in [7, 11) is 7.81. The molecule has 1 aromatic carbocycles. The topological polar surface area (TPSA) is 141 Å². The molecule has 52 heavy (non-hydrogen) atoms. The molecule has 1 saturated heterocycles. The molecule has 0 unspecified atom stereocenters. The first kappa shape index (κ1) is 40.9. The number of nitrogens with zero attached hydrogens (tertiary/aromatic N) is 7. The second-order valence-corrected chi connectivity index (χ2v) is 14.2. The quantitative estimate of drug-likeness (QED) is 0.110. The van der Waals surface area contributed by atoms with Crippen molar-refractivity contribution in [2.45, 2.75) is 71.3 Å². The molecule has 288 valence electrons. The number of nitrogens with one attached hydrogen (secondary N) is 2. The van der Waals surface area contributed by atoms with Crippen LogP contribution in [0, 0.1) is 0 Å². The Bertz CT molecular complexity index is 1600. The number of carbonyl (C=O) groups is 2. The monoisotopic (exact) mass is 723 g/mol. The first-order valence-corrected chi connectivity index (χ1v) is 19.0. The molecule has 0 aliphatic carbocycles. The molecule has 0 spiro atoms. The third-order valence-corrected chi connectivity index (χ3v) is 9.50. The van der Waals surface area contributed by atoms with Crippen LogP contribution in [0.2, 0.25) is 0 Å². The van der Waals surface area contributed by atoms with E-state index in [-0.39, 0.29) is 42.4 Å². The van der Waals surface area contributed by atoms with Crippen molar-refractivity contribution >= 4 is 28.9 Å². The zero-order valence-electron chi connectivity index (χ0n) is 32.1. The van der Waals surface area contributed by atoms with Crippen LogP contribution in [-0.4, -0.2) is 145 Å². The molecule has 14 heteroatoms. The van der Waals surface area contributed by atoms with E-state index < -0.39 is 0 Å². The van der Waals surface area contributed by atoms with E-state index in [4.69, 9.17) is 9.47 Å². The lowest BCUT2D eigenvalue weighted by Gasteiger charge is -2.35. The summed E-state index contributed by atoms with van der Waals surface area (Å²) in [6, 6.07) is 7.52. The molecule has 3 heterocycles. The number of esters is 1. The number of methoxy groups -OCH3 is 1. The summed E-state index contributed by atoms with van der Waals surface area (Å²) in [6.45, 7) is 12.9. The van der Waals surface area contributed by atoms with Gasteiger partial charge in [-0.2, -0.15) is 9.97 Å². The van der Waals surface area contributed by atoms with Gasteiger partial charge in [-0.05, 0) is 97.1 Å². The van der Waals surface area contributed by atoms with Gasteiger partial charge in [-0.25, -0.2) is 4.79 Å². The zero-order chi connectivity index (χ0) is 37.3. The number of aromatic nitrogens is 4. The first-order valence-electron chi connectivity index (χ1n) is 19.0. The molecule has 4 rings (SSSR count). The average Bonchev–Trinajstić information content (AvgIpc) is 3.43. The van der Waals surface area contributed by atoms with Gasteiger partial charge < -0.3 is 39.4 Å². The largest absolute Gasteiger partial charge is 0.469 e. The van der Waals surface area contributed by atoms with Gasteiger partial charge in [-0.3, -0.25) is 14.2 Å². The lowest BCUT2D eigenvalue weighted by Crippen LogP contribution is -2.47. The number of aromatic amines is 1. The number of unbranched alkanes of at least 4 members (excludes halogenated alkanes) is 3. The van der Waals surface area contributed by atoms with Crippen LogP contribution in [0.5, 0.6) is 6.01 Å². The van der Waals surface area contributed by atoms with E-state index in [0.29, 0.717) is 24.2 Å². The highest BCUT2D eigenvalue weighted by Gasteiger charge is 2.19. The van der Waals surface area contributed by atoms with Crippen molar-refractivity contribution in [1.82, 2.24) is 39.1 Å². The van der Waals surface area contributed by atoms with Crippen molar-refractivity contribution in [1.29, 1.82) is 0 Å². The van der Waals surface area contributed by atoms with Crippen LogP contribution in [0.4, 0.5) is 5.82 Å². The van der Waals surface area contributed by atoms with Gasteiger partial charge in [0.05, 0.1) is 26.7 Å². The molecule has 0 bridgehead atoms. The Labute approximate surface area is 308 Å². The normalized spacial score (nSPS) is 14.1. The number of rotatable bonds is 23. The van der Waals surface area contributed by atoms with Crippen molar-refractivity contribution < 1.29 is 19.1 Å². The first-order chi connectivity index (χ1) is 25.1. The fourth-order valence-electron chi connectivity index (χ4n) is 6.44. The predicted molar refractivity (Wildman–Crippen MR) is 205 cm³/mol. The molecule has 2 aromatic heterocycles. The van der Waals surface area contributed by atoms with Crippen LogP contribution >= 0.6 is 0 Å². The summed E-state index contributed by atoms with van der Waals surface area (Å²) in [4.78, 5) is 59.7. The Morgan fingerprint density at radius 2 is 1.60 bits per heavy atom. The maximum Gasteiger partial charge on any atom is 0.328 e. The average molecular weight is 724 g/mol. The maximum atomic E-state index is 13.2. The van der Waals surface area contributed by atoms with Gasteiger partial charge in [-0.1, -0.05) is 44.0 Å². The molecular formula is C38H61N9O5. The smallest absolute Gasteiger partial charge is 0.328 e. The van der Waals surface area contributed by atoms with Gasteiger partial charge in [0, 0.05) is 32.6 Å². The Hall–Kier alpha value is -3.85. The molecule has 2 N–H and O–H groups in total. The summed E-state index contributed by atoms with van der Waals surface area (Å²) in [5.74, 6) is -0.287. The second kappa shape index (κ2) is 21.6. The van der Waals surface area contributed by atoms with Gasteiger partial charge >= 0.3 is 17.7 Å². The van der Waals surface area contributed by atoms with Gasteiger partial charge in [0.15, 0.2) is 11.5 Å². The number of carbonyl (C=O) groups excluding carboxylic acids is 2. The fraction of sp³-hybridized carbons (Fsp3) is 0.658. The number of imidazole rings is 1. The van der Waals surface area contributed by atoms with Crippen molar-refractivity contribution in [2.24, 2.45) is 0 Å². The Kier molecular flexibility index (Phi) is 17.0. The van der Waals surface area contributed by atoms with E-state index >= 15 is 0 Å². The third-order valence-electron chi connectivity index (χ3n) is 9.50. The van der Waals surface area contributed by atoms with E-state index in [1.54, 1.807) is 0 Å². The van der Waals surface area contributed by atoms with Crippen molar-refractivity contribution in [3.05, 3.63) is 45.9 Å². The van der Waals surface area contributed by atoms with Gasteiger partial charge in [0.2, 0.25) is 5.91 Å². The maximum absolute atomic E-state index is 13.2. The number of amides is 1. The highest BCUT2D eigenvalue weighted by molar-refractivity contribution is 5.97. The van der Waals surface area contributed by atoms with Gasteiger partial charge in [-0.15, -0.1) is 0 Å². The number of fused-ring (bicyclic) bond motifs is 1. The number of hydrogen-bond acceptors (Lipinski definition) is 11. The van der Waals surface area contributed by atoms with E-state index in [1.807, 2.05) is 24.3 Å². The lowest BCUT2D eigenvalue weighted by molar-refractivity contribution is -0.139. The Morgan fingerprint density at radius 3 is 2.29 bits per heavy atom. The molecule has 1 aliphatic heterocycles. The minimum Gasteiger partial charge on any atom is -0.469 e. The number of anilines is 1. The number of hydrogen-bond donors (Lipinski definition) is 2. The molecule has 0 atom stereocenters. The molecule has 0 radical (unpaired) electrons.